The number of sulfonamides is 1. The van der Waals surface area contributed by atoms with E-state index in [0.29, 0.717) is 11.5 Å². The molecule has 0 saturated carbocycles. The molecular formula is C16H19NO4S. The topological polar surface area (TPSA) is 55.8 Å². The Kier molecular flexibility index (Phi) is 5.05. The van der Waals surface area contributed by atoms with Crippen molar-refractivity contribution in [2.24, 2.45) is 0 Å². The summed E-state index contributed by atoms with van der Waals surface area (Å²) >= 11 is 0. The zero-order chi connectivity index (χ0) is 16.2. The molecule has 0 N–H and O–H groups in total. The second-order valence-electron chi connectivity index (χ2n) is 4.79. The molecule has 0 saturated heterocycles. The van der Waals surface area contributed by atoms with Crippen LogP contribution < -0.4 is 9.47 Å². The Morgan fingerprint density at radius 3 is 2.18 bits per heavy atom. The summed E-state index contributed by atoms with van der Waals surface area (Å²) in [7, 11) is 1.13. The van der Waals surface area contributed by atoms with Crippen LogP contribution in [0, 0.1) is 0 Å². The molecule has 0 aliphatic rings. The summed E-state index contributed by atoms with van der Waals surface area (Å²) in [5.41, 5.74) is 0.860. The highest BCUT2D eigenvalue weighted by atomic mass is 32.2. The zero-order valence-corrected chi connectivity index (χ0v) is 13.6. The Labute approximate surface area is 131 Å². The normalized spacial score (nSPS) is 11.5. The molecule has 0 aliphatic carbocycles. The SMILES string of the molecule is COc1ccc(S(=O)(=O)N(C)Cc2cccc(OC)c2)cc1. The molecule has 0 aromatic heterocycles. The van der Waals surface area contributed by atoms with Crippen LogP contribution in [0.3, 0.4) is 0 Å². The molecule has 0 aliphatic heterocycles. The molecule has 118 valence electrons. The zero-order valence-electron chi connectivity index (χ0n) is 12.8. The van der Waals surface area contributed by atoms with Crippen LogP contribution in [0.15, 0.2) is 53.4 Å². The number of benzene rings is 2. The highest BCUT2D eigenvalue weighted by molar-refractivity contribution is 7.89. The monoisotopic (exact) mass is 321 g/mol. The summed E-state index contributed by atoms with van der Waals surface area (Å²) in [6.45, 7) is 0.269. The van der Waals surface area contributed by atoms with Crippen LogP contribution in [-0.4, -0.2) is 34.0 Å². The first-order valence-corrected chi connectivity index (χ1v) is 8.14. The number of rotatable bonds is 6. The highest BCUT2D eigenvalue weighted by Gasteiger charge is 2.21. The quantitative estimate of drug-likeness (QED) is 0.820. The third-order valence-electron chi connectivity index (χ3n) is 3.31. The predicted octanol–water partition coefficient (Wildman–Crippen LogP) is 2.52. The van der Waals surface area contributed by atoms with Gasteiger partial charge in [-0.25, -0.2) is 8.42 Å². The fourth-order valence-corrected chi connectivity index (χ4v) is 3.20. The first kappa shape index (κ1) is 16.3. The van der Waals surface area contributed by atoms with Crippen LogP contribution in [0.2, 0.25) is 0 Å². The lowest BCUT2D eigenvalue weighted by Gasteiger charge is -2.18. The molecule has 0 atom stereocenters. The van der Waals surface area contributed by atoms with Gasteiger partial charge in [0.05, 0.1) is 19.1 Å². The van der Waals surface area contributed by atoms with E-state index < -0.39 is 10.0 Å². The number of ether oxygens (including phenoxy) is 2. The van der Waals surface area contributed by atoms with Crippen LogP contribution in [0.25, 0.3) is 0 Å². The summed E-state index contributed by atoms with van der Waals surface area (Å²) in [4.78, 5) is 0.235. The van der Waals surface area contributed by atoms with E-state index in [4.69, 9.17) is 9.47 Å². The van der Waals surface area contributed by atoms with Crippen molar-refractivity contribution < 1.29 is 17.9 Å². The van der Waals surface area contributed by atoms with E-state index in [-0.39, 0.29) is 11.4 Å². The molecular weight excluding hydrogens is 302 g/mol. The van der Waals surface area contributed by atoms with Gasteiger partial charge in [0.15, 0.2) is 0 Å². The molecule has 22 heavy (non-hydrogen) atoms. The maximum atomic E-state index is 12.5. The van der Waals surface area contributed by atoms with Gasteiger partial charge in [0.25, 0.3) is 0 Å². The lowest BCUT2D eigenvalue weighted by atomic mass is 10.2. The lowest BCUT2D eigenvalue weighted by Crippen LogP contribution is -2.26. The number of hydrogen-bond donors (Lipinski definition) is 0. The molecule has 2 aromatic carbocycles. The fourth-order valence-electron chi connectivity index (χ4n) is 2.04. The van der Waals surface area contributed by atoms with Gasteiger partial charge in [-0.2, -0.15) is 4.31 Å². The second kappa shape index (κ2) is 6.81. The van der Waals surface area contributed by atoms with Crippen molar-refractivity contribution in [2.45, 2.75) is 11.4 Å². The second-order valence-corrected chi connectivity index (χ2v) is 6.83. The van der Waals surface area contributed by atoms with E-state index in [9.17, 15) is 8.42 Å². The molecule has 2 aromatic rings. The van der Waals surface area contributed by atoms with E-state index in [1.165, 1.54) is 16.4 Å². The minimum absolute atomic E-state index is 0.235. The van der Waals surface area contributed by atoms with Gasteiger partial charge in [-0.05, 0) is 42.0 Å². The van der Waals surface area contributed by atoms with Gasteiger partial charge in [0.1, 0.15) is 11.5 Å². The van der Waals surface area contributed by atoms with Crippen molar-refractivity contribution in [1.82, 2.24) is 4.31 Å². The van der Waals surface area contributed by atoms with Crippen LogP contribution >= 0.6 is 0 Å². The summed E-state index contributed by atoms with van der Waals surface area (Å²) in [6.07, 6.45) is 0. The van der Waals surface area contributed by atoms with Crippen molar-refractivity contribution in [3.05, 3.63) is 54.1 Å². The van der Waals surface area contributed by atoms with Crippen molar-refractivity contribution in [3.8, 4) is 11.5 Å². The smallest absolute Gasteiger partial charge is 0.243 e. The van der Waals surface area contributed by atoms with E-state index in [0.717, 1.165) is 5.56 Å². The van der Waals surface area contributed by atoms with E-state index >= 15 is 0 Å². The fraction of sp³-hybridized carbons (Fsp3) is 0.250. The minimum Gasteiger partial charge on any atom is -0.497 e. The van der Waals surface area contributed by atoms with E-state index in [1.54, 1.807) is 33.4 Å². The first-order chi connectivity index (χ1) is 10.5. The highest BCUT2D eigenvalue weighted by Crippen LogP contribution is 2.21. The Balaban J connectivity index is 2.20. The average Bonchev–Trinajstić information content (AvgIpc) is 2.55. The van der Waals surface area contributed by atoms with Crippen molar-refractivity contribution in [3.63, 3.8) is 0 Å². The van der Waals surface area contributed by atoms with Crippen molar-refractivity contribution >= 4 is 10.0 Å². The average molecular weight is 321 g/mol. The van der Waals surface area contributed by atoms with Gasteiger partial charge in [-0.15, -0.1) is 0 Å². The molecule has 2 rings (SSSR count). The molecule has 0 fully saturated rings. The first-order valence-electron chi connectivity index (χ1n) is 6.70. The van der Waals surface area contributed by atoms with Gasteiger partial charge in [0.2, 0.25) is 10.0 Å². The third-order valence-corrected chi connectivity index (χ3v) is 5.12. The Morgan fingerprint density at radius 2 is 1.59 bits per heavy atom. The largest absolute Gasteiger partial charge is 0.497 e. The maximum absolute atomic E-state index is 12.5. The Morgan fingerprint density at radius 1 is 0.955 bits per heavy atom. The standard InChI is InChI=1S/C16H19NO4S/c1-17(12-13-5-4-6-15(11-13)21-3)22(18,19)16-9-7-14(20-2)8-10-16/h4-11H,12H2,1-3H3. The molecule has 5 nitrogen and oxygen atoms in total. The van der Waals surface area contributed by atoms with Gasteiger partial charge in [-0.3, -0.25) is 0 Å². The molecule has 0 bridgehead atoms. The van der Waals surface area contributed by atoms with Gasteiger partial charge in [0, 0.05) is 13.6 Å². The molecule has 0 spiro atoms. The van der Waals surface area contributed by atoms with Gasteiger partial charge < -0.3 is 9.47 Å². The summed E-state index contributed by atoms with van der Waals surface area (Å²) in [5.74, 6) is 1.32. The summed E-state index contributed by atoms with van der Waals surface area (Å²) in [6, 6.07) is 13.7. The Hall–Kier alpha value is -2.05. The van der Waals surface area contributed by atoms with Crippen molar-refractivity contribution in [2.75, 3.05) is 21.3 Å². The molecule has 0 unspecified atom stereocenters. The van der Waals surface area contributed by atoms with Crippen molar-refractivity contribution in [1.29, 1.82) is 0 Å². The van der Waals surface area contributed by atoms with Crippen LogP contribution in [0.5, 0.6) is 11.5 Å². The molecule has 0 radical (unpaired) electrons. The maximum Gasteiger partial charge on any atom is 0.243 e. The summed E-state index contributed by atoms with van der Waals surface area (Å²) < 4.78 is 36.6. The van der Waals surface area contributed by atoms with Gasteiger partial charge in [-0.1, -0.05) is 12.1 Å². The number of hydrogen-bond acceptors (Lipinski definition) is 4. The van der Waals surface area contributed by atoms with Crippen LogP contribution in [-0.2, 0) is 16.6 Å². The number of methoxy groups -OCH3 is 2. The van der Waals surface area contributed by atoms with Crippen LogP contribution in [0.1, 0.15) is 5.56 Å². The predicted molar refractivity (Wildman–Crippen MR) is 84.6 cm³/mol. The molecule has 0 amide bonds. The van der Waals surface area contributed by atoms with Crippen LogP contribution in [0.4, 0.5) is 0 Å². The minimum atomic E-state index is -3.54. The lowest BCUT2D eigenvalue weighted by molar-refractivity contribution is 0.412. The molecule has 0 heterocycles. The summed E-state index contributed by atoms with van der Waals surface area (Å²) in [5, 5.41) is 0. The van der Waals surface area contributed by atoms with E-state index in [2.05, 4.69) is 0 Å². The molecule has 6 heteroatoms. The van der Waals surface area contributed by atoms with E-state index in [1.807, 2.05) is 24.3 Å². The van der Waals surface area contributed by atoms with Gasteiger partial charge >= 0.3 is 0 Å². The third kappa shape index (κ3) is 3.58. The Bertz CT molecular complexity index is 726. The number of nitrogens with zero attached hydrogens (tertiary/aromatic N) is 1.